The topological polar surface area (TPSA) is 98.2 Å². The van der Waals surface area contributed by atoms with Gasteiger partial charge in [0.05, 0.1) is 12.7 Å². The molecule has 0 aliphatic carbocycles. The molecule has 0 N–H and O–H groups in total. The Balaban J connectivity index is 1.64. The zero-order valence-electron chi connectivity index (χ0n) is 19.4. The summed E-state index contributed by atoms with van der Waals surface area (Å²) < 4.78 is 11.6. The van der Waals surface area contributed by atoms with E-state index in [-0.39, 0.29) is 18.0 Å². The van der Waals surface area contributed by atoms with E-state index in [1.165, 1.54) is 12.0 Å². The number of carbonyl (C=O) groups is 3. The summed E-state index contributed by atoms with van der Waals surface area (Å²) in [5.41, 5.74) is 0.770. The van der Waals surface area contributed by atoms with Crippen LogP contribution in [0.1, 0.15) is 31.1 Å². The van der Waals surface area contributed by atoms with Gasteiger partial charge in [-0.1, -0.05) is 12.1 Å². The van der Waals surface area contributed by atoms with Gasteiger partial charge in [0.15, 0.2) is 0 Å². The van der Waals surface area contributed by atoms with Gasteiger partial charge in [-0.15, -0.1) is 0 Å². The molecule has 1 aliphatic heterocycles. The number of hydrogen-bond acceptors (Lipinski definition) is 6. The predicted molar refractivity (Wildman–Crippen MR) is 122 cm³/mol. The summed E-state index contributed by atoms with van der Waals surface area (Å²) in [4.78, 5) is 52.4. The first-order valence-corrected chi connectivity index (χ1v) is 10.7. The number of hydrogen-bond donors (Lipinski definition) is 0. The number of ether oxygens (including phenoxy) is 2. The molecule has 0 unspecified atom stereocenters. The van der Waals surface area contributed by atoms with Crippen LogP contribution in [-0.2, 0) is 20.8 Å². The normalized spacial score (nSPS) is 14.2. The van der Waals surface area contributed by atoms with Gasteiger partial charge in [-0.05, 0) is 50.6 Å². The van der Waals surface area contributed by atoms with Gasteiger partial charge in [0, 0.05) is 37.9 Å². The summed E-state index contributed by atoms with van der Waals surface area (Å²) in [5, 5.41) is 0. The average Bonchev–Trinajstić information content (AvgIpc) is 2.77. The molecule has 1 aromatic carbocycles. The highest BCUT2D eigenvalue weighted by Gasteiger charge is 2.30. The minimum atomic E-state index is -0.622. The molecule has 0 spiro atoms. The van der Waals surface area contributed by atoms with Crippen LogP contribution in [0.25, 0.3) is 11.1 Å². The van der Waals surface area contributed by atoms with E-state index in [0.29, 0.717) is 42.9 Å². The highest BCUT2D eigenvalue weighted by molar-refractivity contribution is 5.90. The van der Waals surface area contributed by atoms with Gasteiger partial charge in [-0.3, -0.25) is 14.5 Å². The lowest BCUT2D eigenvalue weighted by atomic mass is 10.1. The molecule has 0 radical (unpaired) electrons. The molecule has 0 bridgehead atoms. The average molecular weight is 456 g/mol. The molecule has 1 aromatic heterocycles. The van der Waals surface area contributed by atoms with Crippen LogP contribution < -0.4 is 5.56 Å². The Morgan fingerprint density at radius 3 is 2.30 bits per heavy atom. The molecule has 9 heteroatoms. The number of esters is 1. The van der Waals surface area contributed by atoms with Crippen LogP contribution in [0.4, 0.5) is 4.79 Å². The van der Waals surface area contributed by atoms with Crippen LogP contribution >= 0.6 is 0 Å². The SMILES string of the molecule is COC(=O)c1ccc(-c2cccn(CCN3CCN(C(=O)OC(C)(C)C)CC3=O)c2=O)cc1. The van der Waals surface area contributed by atoms with Crippen LogP contribution in [0.15, 0.2) is 47.4 Å². The van der Waals surface area contributed by atoms with Crippen molar-refractivity contribution < 1.29 is 23.9 Å². The molecule has 33 heavy (non-hydrogen) atoms. The fourth-order valence-electron chi connectivity index (χ4n) is 3.49. The molecule has 176 valence electrons. The number of pyridine rings is 1. The van der Waals surface area contributed by atoms with Gasteiger partial charge in [0.25, 0.3) is 5.56 Å². The van der Waals surface area contributed by atoms with Crippen molar-refractivity contribution in [2.45, 2.75) is 32.9 Å². The minimum Gasteiger partial charge on any atom is -0.465 e. The Morgan fingerprint density at radius 1 is 1.00 bits per heavy atom. The molecular formula is C24H29N3O6. The summed E-state index contributed by atoms with van der Waals surface area (Å²) in [6.45, 7) is 6.73. The van der Waals surface area contributed by atoms with Gasteiger partial charge >= 0.3 is 12.1 Å². The van der Waals surface area contributed by atoms with E-state index >= 15 is 0 Å². The zero-order valence-corrected chi connectivity index (χ0v) is 19.4. The third kappa shape index (κ3) is 6.00. The summed E-state index contributed by atoms with van der Waals surface area (Å²) in [7, 11) is 1.31. The number of nitrogens with zero attached hydrogens (tertiary/aromatic N) is 3. The Hall–Kier alpha value is -3.62. The molecule has 9 nitrogen and oxygen atoms in total. The number of rotatable bonds is 5. The van der Waals surface area contributed by atoms with Crippen LogP contribution in [0, 0.1) is 0 Å². The van der Waals surface area contributed by atoms with Crippen molar-refractivity contribution in [2.75, 3.05) is 33.3 Å². The van der Waals surface area contributed by atoms with Crippen LogP contribution in [0.5, 0.6) is 0 Å². The van der Waals surface area contributed by atoms with E-state index in [1.807, 2.05) is 0 Å². The minimum absolute atomic E-state index is 0.0452. The van der Waals surface area contributed by atoms with Gasteiger partial charge in [-0.2, -0.15) is 0 Å². The third-order valence-corrected chi connectivity index (χ3v) is 5.22. The number of methoxy groups -OCH3 is 1. The quantitative estimate of drug-likeness (QED) is 0.642. The lowest BCUT2D eigenvalue weighted by molar-refractivity contribution is -0.136. The van der Waals surface area contributed by atoms with Crippen LogP contribution in [0.2, 0.25) is 0 Å². The molecule has 3 rings (SSSR count). The van der Waals surface area contributed by atoms with Crippen molar-refractivity contribution in [1.82, 2.24) is 14.4 Å². The molecule has 1 aliphatic rings. The molecule has 2 aromatic rings. The van der Waals surface area contributed by atoms with E-state index in [1.54, 1.807) is 72.8 Å². The molecular weight excluding hydrogens is 426 g/mol. The monoisotopic (exact) mass is 455 g/mol. The summed E-state index contributed by atoms with van der Waals surface area (Å²) >= 11 is 0. The molecule has 2 amide bonds. The summed E-state index contributed by atoms with van der Waals surface area (Å²) in [6, 6.07) is 10.1. The molecule has 1 fully saturated rings. The number of aromatic nitrogens is 1. The van der Waals surface area contributed by atoms with Crippen molar-refractivity contribution in [3.8, 4) is 11.1 Å². The maximum absolute atomic E-state index is 13.0. The van der Waals surface area contributed by atoms with Gasteiger partial charge in [0.1, 0.15) is 12.1 Å². The highest BCUT2D eigenvalue weighted by atomic mass is 16.6. The lowest BCUT2D eigenvalue weighted by Crippen LogP contribution is -2.53. The van der Waals surface area contributed by atoms with E-state index in [2.05, 4.69) is 0 Å². The molecule has 1 saturated heterocycles. The predicted octanol–water partition coefficient (Wildman–Crippen LogP) is 2.38. The maximum atomic E-state index is 13.0. The number of piperazine rings is 1. The van der Waals surface area contributed by atoms with E-state index < -0.39 is 17.7 Å². The molecule has 2 heterocycles. The van der Waals surface area contributed by atoms with Crippen molar-refractivity contribution in [3.05, 3.63) is 58.5 Å². The third-order valence-electron chi connectivity index (χ3n) is 5.22. The number of carbonyl (C=O) groups excluding carboxylic acids is 3. The highest BCUT2D eigenvalue weighted by Crippen LogP contribution is 2.17. The van der Waals surface area contributed by atoms with Gasteiger partial charge < -0.3 is 18.9 Å². The standard InChI is InChI=1S/C24H29N3O6/c1-24(2,3)33-23(31)27-15-13-25(20(28)16-27)12-14-26-11-5-6-19(21(26)29)17-7-9-18(10-8-17)22(30)32-4/h5-11H,12-16H2,1-4H3. The molecule has 0 atom stereocenters. The van der Waals surface area contributed by atoms with Gasteiger partial charge in [-0.25, -0.2) is 9.59 Å². The fraction of sp³-hybridized carbons (Fsp3) is 0.417. The van der Waals surface area contributed by atoms with Crippen molar-refractivity contribution in [2.24, 2.45) is 0 Å². The Labute approximate surface area is 192 Å². The molecule has 0 saturated carbocycles. The number of amides is 2. The van der Waals surface area contributed by atoms with E-state index in [9.17, 15) is 19.2 Å². The van der Waals surface area contributed by atoms with Crippen molar-refractivity contribution >= 4 is 18.0 Å². The Morgan fingerprint density at radius 2 is 1.70 bits per heavy atom. The second kappa shape index (κ2) is 9.89. The summed E-state index contributed by atoms with van der Waals surface area (Å²) in [6.07, 6.45) is 1.17. The Bertz CT molecular complexity index is 1080. The first-order valence-electron chi connectivity index (χ1n) is 10.7. The largest absolute Gasteiger partial charge is 0.465 e. The van der Waals surface area contributed by atoms with Crippen LogP contribution in [-0.4, -0.2) is 71.2 Å². The fourth-order valence-corrected chi connectivity index (χ4v) is 3.49. The first kappa shape index (κ1) is 24.0. The van der Waals surface area contributed by atoms with E-state index in [0.717, 1.165) is 0 Å². The Kier molecular flexibility index (Phi) is 7.20. The second-order valence-electron chi connectivity index (χ2n) is 8.77. The van der Waals surface area contributed by atoms with Crippen LogP contribution in [0.3, 0.4) is 0 Å². The summed E-state index contributed by atoms with van der Waals surface area (Å²) in [5.74, 6) is -0.627. The lowest BCUT2D eigenvalue weighted by Gasteiger charge is -2.35. The van der Waals surface area contributed by atoms with Crippen molar-refractivity contribution in [3.63, 3.8) is 0 Å². The smallest absolute Gasteiger partial charge is 0.410 e. The van der Waals surface area contributed by atoms with E-state index in [4.69, 9.17) is 9.47 Å². The first-order chi connectivity index (χ1) is 15.6. The van der Waals surface area contributed by atoms with Gasteiger partial charge in [0.2, 0.25) is 5.91 Å². The maximum Gasteiger partial charge on any atom is 0.410 e. The zero-order chi connectivity index (χ0) is 24.2. The second-order valence-corrected chi connectivity index (χ2v) is 8.77. The van der Waals surface area contributed by atoms with Crippen molar-refractivity contribution in [1.29, 1.82) is 0 Å². The number of benzene rings is 1.